The van der Waals surface area contributed by atoms with E-state index in [4.69, 9.17) is 0 Å². The van der Waals surface area contributed by atoms with Gasteiger partial charge in [-0.1, -0.05) is 48.6 Å². The minimum atomic E-state index is 0.517. The quantitative estimate of drug-likeness (QED) is 0.680. The summed E-state index contributed by atoms with van der Waals surface area (Å²) < 4.78 is 0. The smallest absolute Gasteiger partial charge is 0.0484 e. The Hall–Kier alpha value is -1.21. The van der Waals surface area contributed by atoms with E-state index in [0.29, 0.717) is 5.25 Å². The fourth-order valence-corrected chi connectivity index (χ4v) is 2.96. The second kappa shape index (κ2) is 3.42. The molecule has 0 heterocycles. The summed E-state index contributed by atoms with van der Waals surface area (Å²) in [5.74, 6) is 0. The normalized spacial score (nSPS) is 18.3. The van der Waals surface area contributed by atoms with E-state index >= 15 is 0 Å². The van der Waals surface area contributed by atoms with Crippen LogP contribution in [0.2, 0.25) is 0 Å². The molecule has 0 amide bonds. The van der Waals surface area contributed by atoms with Crippen molar-refractivity contribution in [3.8, 4) is 0 Å². The van der Waals surface area contributed by atoms with E-state index in [0.717, 1.165) is 0 Å². The van der Waals surface area contributed by atoms with Gasteiger partial charge in [0.05, 0.1) is 0 Å². The third-order valence-corrected chi connectivity index (χ3v) is 3.90. The van der Waals surface area contributed by atoms with E-state index in [1.165, 1.54) is 21.9 Å². The lowest BCUT2D eigenvalue weighted by Gasteiger charge is -2.19. The Kier molecular flexibility index (Phi) is 2.06. The van der Waals surface area contributed by atoms with E-state index in [9.17, 15) is 0 Å². The van der Waals surface area contributed by atoms with Crippen molar-refractivity contribution in [3.63, 3.8) is 0 Å². The van der Waals surface area contributed by atoms with Crippen molar-refractivity contribution in [1.82, 2.24) is 0 Å². The maximum atomic E-state index is 2.29. The van der Waals surface area contributed by atoms with Gasteiger partial charge in [-0.25, -0.2) is 0 Å². The first kappa shape index (κ1) is 9.05. The van der Waals surface area contributed by atoms with Crippen LogP contribution in [-0.2, 0) is 0 Å². The predicted molar refractivity (Wildman–Crippen MR) is 69.2 cm³/mol. The number of rotatable bonds is 1. The van der Waals surface area contributed by atoms with Crippen molar-refractivity contribution in [2.75, 3.05) is 6.26 Å². The minimum absolute atomic E-state index is 0.517. The molecule has 0 bridgehead atoms. The third-order valence-electron chi connectivity index (χ3n) is 2.98. The molecular formula is C14H12S. The zero-order valence-corrected chi connectivity index (χ0v) is 9.42. The molecule has 2 aromatic rings. The molecule has 1 heteroatoms. The molecule has 74 valence electrons. The molecule has 1 unspecified atom stereocenters. The van der Waals surface area contributed by atoms with Gasteiger partial charge < -0.3 is 0 Å². The van der Waals surface area contributed by atoms with Crippen molar-refractivity contribution in [3.05, 3.63) is 53.6 Å². The Bertz CT molecular complexity index is 535. The van der Waals surface area contributed by atoms with E-state index in [1.54, 1.807) is 0 Å². The van der Waals surface area contributed by atoms with Crippen LogP contribution in [0.15, 0.2) is 42.5 Å². The molecule has 0 N–H and O–H groups in total. The second-order valence-electron chi connectivity index (χ2n) is 3.81. The summed E-state index contributed by atoms with van der Waals surface area (Å²) in [6.07, 6.45) is 6.71. The first-order chi connectivity index (χ1) is 7.40. The van der Waals surface area contributed by atoms with E-state index in [2.05, 4.69) is 54.8 Å². The van der Waals surface area contributed by atoms with Gasteiger partial charge in [-0.05, 0) is 28.2 Å². The lowest BCUT2D eigenvalue weighted by atomic mass is 9.93. The summed E-state index contributed by atoms with van der Waals surface area (Å²) in [5.41, 5.74) is 2.81. The summed E-state index contributed by atoms with van der Waals surface area (Å²) >= 11 is 1.90. The molecule has 0 nitrogen and oxygen atoms in total. The molecule has 0 spiro atoms. The molecule has 0 radical (unpaired) electrons. The van der Waals surface area contributed by atoms with Gasteiger partial charge in [0.1, 0.15) is 0 Å². The molecule has 2 aromatic carbocycles. The molecular weight excluding hydrogens is 200 g/mol. The monoisotopic (exact) mass is 212 g/mol. The average molecular weight is 212 g/mol. The van der Waals surface area contributed by atoms with Crippen LogP contribution in [-0.4, -0.2) is 6.26 Å². The van der Waals surface area contributed by atoms with Crippen LogP contribution in [0.3, 0.4) is 0 Å². The SMILES string of the molecule is CSC1C=Cc2cccc3cccc1c23. The predicted octanol–water partition coefficient (Wildman–Crippen LogP) is 4.27. The highest BCUT2D eigenvalue weighted by atomic mass is 32.2. The summed E-state index contributed by atoms with van der Waals surface area (Å²) in [5, 5.41) is 3.30. The van der Waals surface area contributed by atoms with Crippen molar-refractivity contribution in [2.45, 2.75) is 5.25 Å². The Morgan fingerprint density at radius 1 is 1.07 bits per heavy atom. The van der Waals surface area contributed by atoms with Gasteiger partial charge in [0.15, 0.2) is 0 Å². The molecule has 0 saturated heterocycles. The van der Waals surface area contributed by atoms with Gasteiger partial charge in [0.2, 0.25) is 0 Å². The summed E-state index contributed by atoms with van der Waals surface area (Å²) in [6, 6.07) is 13.1. The fraction of sp³-hybridized carbons (Fsp3) is 0.143. The van der Waals surface area contributed by atoms with Crippen molar-refractivity contribution < 1.29 is 0 Å². The van der Waals surface area contributed by atoms with E-state index in [1.807, 2.05) is 11.8 Å². The number of hydrogen-bond acceptors (Lipinski definition) is 1. The highest BCUT2D eigenvalue weighted by Gasteiger charge is 2.15. The lowest BCUT2D eigenvalue weighted by molar-refractivity contribution is 1.25. The molecule has 0 aromatic heterocycles. The van der Waals surface area contributed by atoms with E-state index in [-0.39, 0.29) is 0 Å². The van der Waals surface area contributed by atoms with Crippen LogP contribution in [0.4, 0.5) is 0 Å². The number of benzene rings is 2. The van der Waals surface area contributed by atoms with Crippen LogP contribution in [0.25, 0.3) is 16.8 Å². The highest BCUT2D eigenvalue weighted by molar-refractivity contribution is 7.99. The van der Waals surface area contributed by atoms with Gasteiger partial charge in [0, 0.05) is 5.25 Å². The van der Waals surface area contributed by atoms with E-state index < -0.39 is 0 Å². The molecule has 1 aliphatic rings. The lowest BCUT2D eigenvalue weighted by Crippen LogP contribution is -1.97. The molecule has 15 heavy (non-hydrogen) atoms. The third kappa shape index (κ3) is 1.30. The molecule has 1 atom stereocenters. The van der Waals surface area contributed by atoms with Crippen molar-refractivity contribution in [1.29, 1.82) is 0 Å². The number of hydrogen-bond donors (Lipinski definition) is 0. The van der Waals surface area contributed by atoms with Crippen molar-refractivity contribution in [2.24, 2.45) is 0 Å². The topological polar surface area (TPSA) is 0 Å². The number of thioether (sulfide) groups is 1. The van der Waals surface area contributed by atoms with Gasteiger partial charge >= 0.3 is 0 Å². The zero-order chi connectivity index (χ0) is 10.3. The van der Waals surface area contributed by atoms with Gasteiger partial charge in [-0.2, -0.15) is 11.8 Å². The molecule has 3 rings (SSSR count). The molecule has 1 aliphatic carbocycles. The van der Waals surface area contributed by atoms with Gasteiger partial charge in [-0.3, -0.25) is 0 Å². The van der Waals surface area contributed by atoms with Gasteiger partial charge in [-0.15, -0.1) is 0 Å². The van der Waals surface area contributed by atoms with Crippen LogP contribution >= 0.6 is 11.8 Å². The maximum absolute atomic E-state index is 2.29. The average Bonchev–Trinajstić information content (AvgIpc) is 2.30. The van der Waals surface area contributed by atoms with Gasteiger partial charge in [0.25, 0.3) is 0 Å². The molecule has 0 aliphatic heterocycles. The Morgan fingerprint density at radius 3 is 2.67 bits per heavy atom. The summed E-state index contributed by atoms with van der Waals surface area (Å²) in [7, 11) is 0. The standard InChI is InChI=1S/C14H12S/c1-15-13-9-8-11-5-2-4-10-6-3-7-12(13)14(10)11/h2-9,13H,1H3. The Balaban J connectivity index is 2.41. The van der Waals surface area contributed by atoms with Crippen LogP contribution in [0, 0.1) is 0 Å². The fourth-order valence-electron chi connectivity index (χ4n) is 2.28. The van der Waals surface area contributed by atoms with Crippen LogP contribution < -0.4 is 0 Å². The highest BCUT2D eigenvalue weighted by Crippen LogP contribution is 2.39. The van der Waals surface area contributed by atoms with Crippen LogP contribution in [0.1, 0.15) is 16.4 Å². The Morgan fingerprint density at radius 2 is 1.87 bits per heavy atom. The maximum Gasteiger partial charge on any atom is 0.0484 e. The minimum Gasteiger partial charge on any atom is -0.153 e. The van der Waals surface area contributed by atoms with Crippen LogP contribution in [0.5, 0.6) is 0 Å². The van der Waals surface area contributed by atoms with Crippen molar-refractivity contribution >= 4 is 28.6 Å². The first-order valence-electron chi connectivity index (χ1n) is 5.13. The summed E-state index contributed by atoms with van der Waals surface area (Å²) in [6.45, 7) is 0. The second-order valence-corrected chi connectivity index (χ2v) is 4.79. The zero-order valence-electron chi connectivity index (χ0n) is 8.60. The molecule has 0 saturated carbocycles. The largest absolute Gasteiger partial charge is 0.153 e. The molecule has 0 fully saturated rings. The first-order valence-corrected chi connectivity index (χ1v) is 6.41. The Labute approximate surface area is 94.0 Å². The summed E-state index contributed by atoms with van der Waals surface area (Å²) in [4.78, 5) is 0.